The topological polar surface area (TPSA) is 62.6 Å². The molecular formula is C20H24N2O3. The second-order valence-electron chi connectivity index (χ2n) is 6.61. The predicted octanol–water partition coefficient (Wildman–Crippen LogP) is 3.95. The number of nitrogens with one attached hydrogen (secondary N) is 1. The molecule has 1 atom stereocenters. The third-order valence-electron chi connectivity index (χ3n) is 4.74. The average molecular weight is 340 g/mol. The van der Waals surface area contributed by atoms with Crippen molar-refractivity contribution in [1.82, 2.24) is 10.2 Å². The lowest BCUT2D eigenvalue weighted by atomic mass is 9.89. The Morgan fingerprint density at radius 1 is 1.12 bits per heavy atom. The van der Waals surface area contributed by atoms with Crippen LogP contribution in [0.15, 0.2) is 46.9 Å². The summed E-state index contributed by atoms with van der Waals surface area (Å²) in [4.78, 5) is 26.7. The summed E-state index contributed by atoms with van der Waals surface area (Å²) in [6.45, 7) is 4.98. The molecule has 2 aromatic rings. The first kappa shape index (κ1) is 17.3. The minimum atomic E-state index is -0.176. The number of likely N-dealkylation sites (tertiary alicyclic amines) is 1. The number of rotatable bonds is 4. The Hall–Kier alpha value is -2.56. The van der Waals surface area contributed by atoms with E-state index in [-0.39, 0.29) is 23.8 Å². The summed E-state index contributed by atoms with van der Waals surface area (Å²) in [6, 6.07) is 12.9. The third kappa shape index (κ3) is 4.10. The van der Waals surface area contributed by atoms with Crippen LogP contribution in [0, 0.1) is 12.8 Å². The van der Waals surface area contributed by atoms with Gasteiger partial charge in [0.1, 0.15) is 11.5 Å². The van der Waals surface area contributed by atoms with Gasteiger partial charge in [0.2, 0.25) is 0 Å². The maximum absolute atomic E-state index is 12.5. The molecule has 1 fully saturated rings. The maximum Gasteiger partial charge on any atom is 0.317 e. The number of benzene rings is 1. The molecule has 1 aromatic heterocycles. The van der Waals surface area contributed by atoms with Crippen molar-refractivity contribution in [3.63, 3.8) is 0 Å². The standard InChI is InChI=1S/C20H24N2O3/c1-14-8-9-18(25-14)15(2)21-20(24)22-12-10-17(11-13-22)19(23)16-6-4-3-5-7-16/h3-9,15,17H,10-13H2,1-2H3,(H,21,24)/t15-/m0/s1. The van der Waals surface area contributed by atoms with Gasteiger partial charge in [-0.25, -0.2) is 4.79 Å². The molecule has 132 valence electrons. The van der Waals surface area contributed by atoms with Crippen LogP contribution < -0.4 is 5.32 Å². The zero-order valence-electron chi connectivity index (χ0n) is 14.7. The van der Waals surface area contributed by atoms with E-state index in [4.69, 9.17) is 4.42 Å². The number of piperidine rings is 1. The molecule has 1 aliphatic heterocycles. The second-order valence-corrected chi connectivity index (χ2v) is 6.61. The summed E-state index contributed by atoms with van der Waals surface area (Å²) in [5, 5.41) is 2.96. The number of carbonyl (C=O) groups is 2. The first-order valence-electron chi connectivity index (χ1n) is 8.75. The van der Waals surface area contributed by atoms with Crippen molar-refractivity contribution in [2.75, 3.05) is 13.1 Å². The highest BCUT2D eigenvalue weighted by atomic mass is 16.3. The van der Waals surface area contributed by atoms with Gasteiger partial charge in [0.05, 0.1) is 6.04 Å². The highest BCUT2D eigenvalue weighted by Gasteiger charge is 2.28. The second kappa shape index (κ2) is 7.55. The van der Waals surface area contributed by atoms with Crippen LogP contribution in [0.3, 0.4) is 0 Å². The molecule has 25 heavy (non-hydrogen) atoms. The van der Waals surface area contributed by atoms with Gasteiger partial charge in [-0.2, -0.15) is 0 Å². The van der Waals surface area contributed by atoms with Gasteiger partial charge in [-0.3, -0.25) is 4.79 Å². The van der Waals surface area contributed by atoms with E-state index in [9.17, 15) is 9.59 Å². The molecule has 1 N–H and O–H groups in total. The van der Waals surface area contributed by atoms with E-state index in [0.29, 0.717) is 25.9 Å². The van der Waals surface area contributed by atoms with Crippen molar-refractivity contribution in [2.45, 2.75) is 32.7 Å². The molecule has 1 aromatic carbocycles. The largest absolute Gasteiger partial charge is 0.464 e. The first-order chi connectivity index (χ1) is 12.0. The van der Waals surface area contributed by atoms with Crippen LogP contribution in [0.25, 0.3) is 0 Å². The highest BCUT2D eigenvalue weighted by molar-refractivity contribution is 5.97. The number of ketones is 1. The van der Waals surface area contributed by atoms with E-state index in [0.717, 1.165) is 17.1 Å². The van der Waals surface area contributed by atoms with Gasteiger partial charge in [-0.15, -0.1) is 0 Å². The van der Waals surface area contributed by atoms with Crippen molar-refractivity contribution in [1.29, 1.82) is 0 Å². The number of amides is 2. The third-order valence-corrected chi connectivity index (χ3v) is 4.74. The highest BCUT2D eigenvalue weighted by Crippen LogP contribution is 2.22. The summed E-state index contributed by atoms with van der Waals surface area (Å²) in [7, 11) is 0. The van der Waals surface area contributed by atoms with E-state index in [2.05, 4.69) is 5.32 Å². The Morgan fingerprint density at radius 2 is 1.80 bits per heavy atom. The predicted molar refractivity (Wildman–Crippen MR) is 95.5 cm³/mol. The molecule has 0 aliphatic carbocycles. The molecular weight excluding hydrogens is 316 g/mol. The summed E-state index contributed by atoms with van der Waals surface area (Å²) in [6.07, 6.45) is 1.41. The lowest BCUT2D eigenvalue weighted by Gasteiger charge is -2.32. The van der Waals surface area contributed by atoms with Gasteiger partial charge in [0.25, 0.3) is 0 Å². The molecule has 0 spiro atoms. The van der Waals surface area contributed by atoms with Crippen LogP contribution in [0.2, 0.25) is 0 Å². The van der Waals surface area contributed by atoms with E-state index < -0.39 is 0 Å². The molecule has 1 saturated heterocycles. The van der Waals surface area contributed by atoms with E-state index in [1.807, 2.05) is 56.3 Å². The fourth-order valence-corrected chi connectivity index (χ4v) is 3.22. The summed E-state index contributed by atoms with van der Waals surface area (Å²) < 4.78 is 5.55. The maximum atomic E-state index is 12.5. The molecule has 0 bridgehead atoms. The van der Waals surface area contributed by atoms with Gasteiger partial charge in [0, 0.05) is 24.6 Å². The molecule has 1 aliphatic rings. The lowest BCUT2D eigenvalue weighted by Crippen LogP contribution is -2.46. The van der Waals surface area contributed by atoms with Crippen LogP contribution >= 0.6 is 0 Å². The normalized spacial score (nSPS) is 16.5. The zero-order valence-corrected chi connectivity index (χ0v) is 14.7. The molecule has 3 rings (SSSR count). The van der Waals surface area contributed by atoms with Gasteiger partial charge in [0.15, 0.2) is 5.78 Å². The van der Waals surface area contributed by atoms with Crippen LogP contribution in [-0.2, 0) is 0 Å². The number of nitrogens with zero attached hydrogens (tertiary/aromatic N) is 1. The average Bonchev–Trinajstić information content (AvgIpc) is 3.08. The van der Waals surface area contributed by atoms with Crippen molar-refractivity contribution < 1.29 is 14.0 Å². The number of hydrogen-bond acceptors (Lipinski definition) is 3. The number of carbonyl (C=O) groups excluding carboxylic acids is 2. The molecule has 2 heterocycles. The summed E-state index contributed by atoms with van der Waals surface area (Å²) >= 11 is 0. The minimum absolute atomic E-state index is 0.00315. The molecule has 0 saturated carbocycles. The fourth-order valence-electron chi connectivity index (χ4n) is 3.22. The van der Waals surface area contributed by atoms with Gasteiger partial charge in [-0.1, -0.05) is 30.3 Å². The Balaban J connectivity index is 1.51. The van der Waals surface area contributed by atoms with Crippen LogP contribution in [0.5, 0.6) is 0 Å². The minimum Gasteiger partial charge on any atom is -0.464 e. The van der Waals surface area contributed by atoms with Crippen LogP contribution in [0.1, 0.15) is 47.7 Å². The van der Waals surface area contributed by atoms with Crippen LogP contribution in [0.4, 0.5) is 4.79 Å². The Kier molecular flexibility index (Phi) is 5.22. The smallest absolute Gasteiger partial charge is 0.317 e. The molecule has 5 heteroatoms. The van der Waals surface area contributed by atoms with E-state index in [1.54, 1.807) is 4.90 Å². The number of Topliss-reactive ketones (excluding diaryl/α,β-unsaturated/α-hetero) is 1. The Labute approximate surface area is 148 Å². The van der Waals surface area contributed by atoms with Gasteiger partial charge >= 0.3 is 6.03 Å². The van der Waals surface area contributed by atoms with E-state index in [1.165, 1.54) is 0 Å². The molecule has 0 radical (unpaired) electrons. The van der Waals surface area contributed by atoms with Crippen molar-refractivity contribution >= 4 is 11.8 Å². The van der Waals surface area contributed by atoms with Crippen molar-refractivity contribution in [2.24, 2.45) is 5.92 Å². The first-order valence-corrected chi connectivity index (χ1v) is 8.75. The van der Waals surface area contributed by atoms with Gasteiger partial charge in [-0.05, 0) is 38.8 Å². The molecule has 5 nitrogen and oxygen atoms in total. The van der Waals surface area contributed by atoms with E-state index >= 15 is 0 Å². The summed E-state index contributed by atoms with van der Waals surface area (Å²) in [5.74, 6) is 1.76. The number of aryl methyl sites for hydroxylation is 1. The number of furan rings is 1. The molecule has 2 amide bonds. The SMILES string of the molecule is Cc1ccc([C@H](C)NC(=O)N2CCC(C(=O)c3ccccc3)CC2)o1. The Bertz CT molecular complexity index is 730. The number of urea groups is 1. The Morgan fingerprint density at radius 3 is 2.40 bits per heavy atom. The summed E-state index contributed by atoms with van der Waals surface area (Å²) in [5.41, 5.74) is 0.757. The lowest BCUT2D eigenvalue weighted by molar-refractivity contribution is 0.0853. The van der Waals surface area contributed by atoms with Crippen molar-refractivity contribution in [3.8, 4) is 0 Å². The monoisotopic (exact) mass is 340 g/mol. The fraction of sp³-hybridized carbons (Fsp3) is 0.400. The van der Waals surface area contributed by atoms with Gasteiger partial charge < -0.3 is 14.6 Å². The molecule has 0 unspecified atom stereocenters. The van der Waals surface area contributed by atoms with Crippen LogP contribution in [-0.4, -0.2) is 29.8 Å². The zero-order chi connectivity index (χ0) is 17.8. The quantitative estimate of drug-likeness (QED) is 0.857. The number of hydrogen-bond donors (Lipinski definition) is 1. The van der Waals surface area contributed by atoms with Crippen molar-refractivity contribution in [3.05, 3.63) is 59.5 Å².